The molecule has 0 atom stereocenters. The Morgan fingerprint density at radius 2 is 1.68 bits per heavy atom. The normalized spacial score (nSPS) is 16.1. The van der Waals surface area contributed by atoms with Gasteiger partial charge in [-0.3, -0.25) is 4.79 Å². The molecule has 1 heterocycles. The lowest BCUT2D eigenvalue weighted by molar-refractivity contribution is -0.120. The maximum Gasteiger partial charge on any atom is 0.227 e. The Morgan fingerprint density at radius 1 is 1.00 bits per heavy atom. The monoisotopic (exact) mass is 412 g/mol. The van der Waals surface area contributed by atoms with Gasteiger partial charge in [0.15, 0.2) is 11.6 Å². The molecule has 1 N–H and O–H groups in total. The third-order valence-corrected chi connectivity index (χ3v) is 6.53. The summed E-state index contributed by atoms with van der Waals surface area (Å²) in [4.78, 5) is 12.3. The van der Waals surface area contributed by atoms with Crippen LogP contribution in [0.1, 0.15) is 18.4 Å². The fourth-order valence-corrected chi connectivity index (χ4v) is 4.69. The predicted octanol–water partition coefficient (Wildman–Crippen LogP) is 3.28. The molecule has 0 unspecified atom stereocenters. The number of hydrogen-bond donors (Lipinski definition) is 1. The first-order valence-electron chi connectivity index (χ1n) is 8.73. The first-order valence-corrected chi connectivity index (χ1v) is 10.3. The Kier molecular flexibility index (Phi) is 6.04. The lowest BCUT2D eigenvalue weighted by Gasteiger charge is -2.30. The van der Waals surface area contributed by atoms with E-state index in [2.05, 4.69) is 5.32 Å². The van der Waals surface area contributed by atoms with E-state index < -0.39 is 39.1 Å². The van der Waals surface area contributed by atoms with Gasteiger partial charge in [-0.1, -0.05) is 18.2 Å². The van der Waals surface area contributed by atoms with Gasteiger partial charge in [0.1, 0.15) is 5.82 Å². The maximum atomic E-state index is 13.7. The molecular weight excluding hydrogens is 393 g/mol. The zero-order valence-electron chi connectivity index (χ0n) is 14.9. The number of anilines is 1. The molecule has 0 bridgehead atoms. The number of hydrogen-bond acceptors (Lipinski definition) is 3. The van der Waals surface area contributed by atoms with Crippen LogP contribution in [0.2, 0.25) is 0 Å². The molecule has 2 aromatic carbocycles. The Hall–Kier alpha value is -2.39. The molecule has 150 valence electrons. The van der Waals surface area contributed by atoms with Crippen molar-refractivity contribution in [1.82, 2.24) is 4.31 Å². The van der Waals surface area contributed by atoms with Crippen molar-refractivity contribution in [3.63, 3.8) is 0 Å². The summed E-state index contributed by atoms with van der Waals surface area (Å²) in [7, 11) is -3.71. The minimum absolute atomic E-state index is 0.0979. The second-order valence-corrected chi connectivity index (χ2v) is 8.61. The van der Waals surface area contributed by atoms with Crippen molar-refractivity contribution < 1.29 is 26.4 Å². The Balaban J connectivity index is 1.58. The second kappa shape index (κ2) is 8.32. The lowest BCUT2D eigenvalue weighted by atomic mass is 9.97. The van der Waals surface area contributed by atoms with Gasteiger partial charge in [0.2, 0.25) is 15.9 Å². The predicted molar refractivity (Wildman–Crippen MR) is 98.3 cm³/mol. The molecule has 2 aromatic rings. The van der Waals surface area contributed by atoms with E-state index in [-0.39, 0.29) is 43.1 Å². The van der Waals surface area contributed by atoms with Crippen LogP contribution in [-0.4, -0.2) is 31.7 Å². The van der Waals surface area contributed by atoms with Crippen molar-refractivity contribution in [2.75, 3.05) is 18.4 Å². The topological polar surface area (TPSA) is 66.5 Å². The first kappa shape index (κ1) is 20.3. The fourth-order valence-electron chi connectivity index (χ4n) is 3.12. The number of piperidine rings is 1. The zero-order valence-corrected chi connectivity index (χ0v) is 15.7. The van der Waals surface area contributed by atoms with Crippen LogP contribution < -0.4 is 5.32 Å². The summed E-state index contributed by atoms with van der Waals surface area (Å²) in [5.41, 5.74) is 0.235. The molecule has 0 saturated carbocycles. The summed E-state index contributed by atoms with van der Waals surface area (Å²) < 4.78 is 66.2. The second-order valence-electron chi connectivity index (χ2n) is 6.64. The van der Waals surface area contributed by atoms with Gasteiger partial charge in [-0.15, -0.1) is 0 Å². The van der Waals surface area contributed by atoms with Crippen molar-refractivity contribution in [3.8, 4) is 0 Å². The molecule has 0 aromatic heterocycles. The van der Waals surface area contributed by atoms with E-state index in [1.54, 1.807) is 6.07 Å². The van der Waals surface area contributed by atoms with Gasteiger partial charge in [0.05, 0.1) is 5.75 Å². The summed E-state index contributed by atoms with van der Waals surface area (Å²) in [5.74, 6) is -3.92. The summed E-state index contributed by atoms with van der Waals surface area (Å²) in [5, 5.41) is 2.52. The summed E-state index contributed by atoms with van der Waals surface area (Å²) in [6, 6.07) is 8.76. The van der Waals surface area contributed by atoms with E-state index in [1.807, 2.05) is 0 Å². The van der Waals surface area contributed by atoms with Crippen molar-refractivity contribution in [1.29, 1.82) is 0 Å². The first-order chi connectivity index (χ1) is 13.3. The Labute approximate surface area is 161 Å². The van der Waals surface area contributed by atoms with Gasteiger partial charge >= 0.3 is 0 Å². The number of sulfonamides is 1. The molecule has 1 amide bonds. The SMILES string of the molecule is O=C(Nc1ccc(F)c(F)c1)C1CCN(S(=O)(=O)Cc2ccccc2F)CC1. The summed E-state index contributed by atoms with van der Waals surface area (Å²) >= 11 is 0. The van der Waals surface area contributed by atoms with Crippen molar-refractivity contribution >= 4 is 21.6 Å². The van der Waals surface area contributed by atoms with Crippen LogP contribution in [-0.2, 0) is 20.6 Å². The van der Waals surface area contributed by atoms with Gasteiger partial charge in [-0.05, 0) is 31.0 Å². The molecule has 0 radical (unpaired) electrons. The molecule has 1 fully saturated rings. The number of carbonyl (C=O) groups excluding carboxylic acids is 1. The Morgan fingerprint density at radius 3 is 2.32 bits per heavy atom. The third-order valence-electron chi connectivity index (χ3n) is 4.70. The molecule has 1 saturated heterocycles. The number of nitrogens with one attached hydrogen (secondary N) is 1. The van der Waals surface area contributed by atoms with Crippen LogP contribution in [0.5, 0.6) is 0 Å². The van der Waals surface area contributed by atoms with E-state index in [4.69, 9.17) is 0 Å². The number of rotatable bonds is 5. The van der Waals surface area contributed by atoms with Gasteiger partial charge < -0.3 is 5.32 Å². The molecule has 1 aliphatic heterocycles. The highest BCUT2D eigenvalue weighted by atomic mass is 32.2. The van der Waals surface area contributed by atoms with Crippen LogP contribution >= 0.6 is 0 Å². The zero-order chi connectivity index (χ0) is 20.3. The molecule has 28 heavy (non-hydrogen) atoms. The fraction of sp³-hybridized carbons (Fsp3) is 0.316. The number of benzene rings is 2. The summed E-state index contributed by atoms with van der Waals surface area (Å²) in [6.45, 7) is 0.263. The van der Waals surface area contributed by atoms with Crippen LogP contribution in [0.3, 0.4) is 0 Å². The van der Waals surface area contributed by atoms with Crippen molar-refractivity contribution in [2.45, 2.75) is 18.6 Å². The molecule has 1 aliphatic rings. The average molecular weight is 412 g/mol. The van der Waals surface area contributed by atoms with Crippen LogP contribution in [0.25, 0.3) is 0 Å². The van der Waals surface area contributed by atoms with Crippen molar-refractivity contribution in [2.24, 2.45) is 5.92 Å². The molecule has 9 heteroatoms. The number of halogens is 3. The molecule has 0 spiro atoms. The minimum Gasteiger partial charge on any atom is -0.326 e. The Bertz CT molecular complexity index is 974. The van der Waals surface area contributed by atoms with E-state index in [0.29, 0.717) is 0 Å². The summed E-state index contributed by atoms with van der Waals surface area (Å²) in [6.07, 6.45) is 0.567. The molecular formula is C19H19F3N2O3S. The third kappa shape index (κ3) is 4.71. The number of carbonyl (C=O) groups is 1. The van der Waals surface area contributed by atoms with E-state index in [9.17, 15) is 26.4 Å². The van der Waals surface area contributed by atoms with Gasteiger partial charge in [-0.2, -0.15) is 0 Å². The smallest absolute Gasteiger partial charge is 0.227 e. The quantitative estimate of drug-likeness (QED) is 0.820. The number of nitrogens with zero attached hydrogens (tertiary/aromatic N) is 1. The number of amides is 1. The average Bonchev–Trinajstić information content (AvgIpc) is 2.66. The highest BCUT2D eigenvalue weighted by Crippen LogP contribution is 2.24. The molecule has 0 aliphatic carbocycles. The highest BCUT2D eigenvalue weighted by molar-refractivity contribution is 7.88. The molecule has 5 nitrogen and oxygen atoms in total. The standard InChI is InChI=1S/C19H19F3N2O3S/c20-16-4-2-1-3-14(16)12-28(26,27)24-9-7-13(8-10-24)19(25)23-15-5-6-17(21)18(22)11-15/h1-6,11,13H,7-10,12H2,(H,23,25). The van der Waals surface area contributed by atoms with Crippen LogP contribution in [0, 0.1) is 23.4 Å². The van der Waals surface area contributed by atoms with Gasteiger partial charge in [0, 0.05) is 36.3 Å². The van der Waals surface area contributed by atoms with Crippen molar-refractivity contribution in [3.05, 3.63) is 65.5 Å². The van der Waals surface area contributed by atoms with Gasteiger partial charge in [0.25, 0.3) is 0 Å². The van der Waals surface area contributed by atoms with E-state index >= 15 is 0 Å². The van der Waals surface area contributed by atoms with E-state index in [0.717, 1.165) is 12.1 Å². The lowest BCUT2D eigenvalue weighted by Crippen LogP contribution is -2.42. The largest absolute Gasteiger partial charge is 0.326 e. The van der Waals surface area contributed by atoms with E-state index in [1.165, 1.54) is 28.6 Å². The van der Waals surface area contributed by atoms with Crippen LogP contribution in [0.4, 0.5) is 18.9 Å². The van der Waals surface area contributed by atoms with Gasteiger partial charge in [-0.25, -0.2) is 25.9 Å². The minimum atomic E-state index is -3.71. The van der Waals surface area contributed by atoms with Crippen LogP contribution in [0.15, 0.2) is 42.5 Å². The maximum absolute atomic E-state index is 13.7. The highest BCUT2D eigenvalue weighted by Gasteiger charge is 2.31. The molecule has 3 rings (SSSR count).